The van der Waals surface area contributed by atoms with E-state index in [1.165, 1.54) is 19.3 Å². The summed E-state index contributed by atoms with van der Waals surface area (Å²) in [6.45, 7) is 4.05. The van der Waals surface area contributed by atoms with Gasteiger partial charge < -0.3 is 10.6 Å². The number of hydrogen-bond donors (Lipinski definition) is 2. The number of aryl methyl sites for hydroxylation is 1. The van der Waals surface area contributed by atoms with Gasteiger partial charge in [-0.05, 0) is 25.0 Å². The number of pyridine rings is 1. The quantitative estimate of drug-likeness (QED) is 0.293. The van der Waals surface area contributed by atoms with Crippen LogP contribution in [0.1, 0.15) is 38.4 Å². The molecule has 0 saturated carbocycles. The van der Waals surface area contributed by atoms with Crippen LogP contribution >= 0.6 is 24.0 Å². The summed E-state index contributed by atoms with van der Waals surface area (Å²) in [6, 6.07) is 5.94. The second kappa shape index (κ2) is 11.2. The Morgan fingerprint density at radius 3 is 2.65 bits per heavy atom. The summed E-state index contributed by atoms with van der Waals surface area (Å²) < 4.78 is 2.04. The van der Waals surface area contributed by atoms with Crippen molar-refractivity contribution in [1.29, 1.82) is 0 Å². The fraction of sp³-hybridized carbons (Fsp3) is 0.562. The van der Waals surface area contributed by atoms with Crippen LogP contribution in [0.4, 0.5) is 0 Å². The first-order valence-corrected chi connectivity index (χ1v) is 8.08. The van der Waals surface area contributed by atoms with Gasteiger partial charge in [0.2, 0.25) is 0 Å². The van der Waals surface area contributed by atoms with Crippen LogP contribution in [-0.4, -0.2) is 40.7 Å². The molecule has 0 aromatic carbocycles. The van der Waals surface area contributed by atoms with Crippen LogP contribution in [0.3, 0.4) is 0 Å². The van der Waals surface area contributed by atoms with Gasteiger partial charge in [0.25, 0.3) is 0 Å². The lowest BCUT2D eigenvalue weighted by atomic mass is 10.2. The van der Waals surface area contributed by atoms with E-state index in [4.69, 9.17) is 0 Å². The van der Waals surface area contributed by atoms with Crippen molar-refractivity contribution in [2.45, 2.75) is 39.0 Å². The normalized spacial score (nSPS) is 11.3. The van der Waals surface area contributed by atoms with E-state index in [0.717, 1.165) is 43.4 Å². The molecule has 0 amide bonds. The molecule has 128 valence electrons. The van der Waals surface area contributed by atoms with Crippen LogP contribution in [0.15, 0.2) is 29.4 Å². The summed E-state index contributed by atoms with van der Waals surface area (Å²) in [4.78, 5) is 4.23. The van der Waals surface area contributed by atoms with Gasteiger partial charge in [-0.3, -0.25) is 9.39 Å². The van der Waals surface area contributed by atoms with E-state index in [0.29, 0.717) is 0 Å². The van der Waals surface area contributed by atoms with Crippen molar-refractivity contribution in [2.24, 2.45) is 4.99 Å². The highest BCUT2D eigenvalue weighted by atomic mass is 127. The molecule has 0 aliphatic rings. The van der Waals surface area contributed by atoms with Crippen LogP contribution < -0.4 is 10.6 Å². The fourth-order valence-electron chi connectivity index (χ4n) is 2.32. The van der Waals surface area contributed by atoms with Crippen molar-refractivity contribution in [3.63, 3.8) is 0 Å². The number of hydrogen-bond acceptors (Lipinski definition) is 3. The molecule has 2 heterocycles. The van der Waals surface area contributed by atoms with Crippen LogP contribution in [0, 0.1) is 0 Å². The molecule has 6 nitrogen and oxygen atoms in total. The maximum absolute atomic E-state index is 4.24. The molecular formula is C16H27IN6. The van der Waals surface area contributed by atoms with Gasteiger partial charge in [0.15, 0.2) is 11.6 Å². The number of unbranched alkanes of at least 4 members (excludes halogenated alkanes) is 2. The third-order valence-electron chi connectivity index (χ3n) is 3.55. The van der Waals surface area contributed by atoms with Crippen LogP contribution in [0.2, 0.25) is 0 Å². The summed E-state index contributed by atoms with van der Waals surface area (Å²) in [6.07, 6.45) is 7.57. The number of nitrogens with one attached hydrogen (secondary N) is 2. The number of fused-ring (bicyclic) bond motifs is 1. The topological polar surface area (TPSA) is 66.6 Å². The predicted molar refractivity (Wildman–Crippen MR) is 106 cm³/mol. The fourth-order valence-corrected chi connectivity index (χ4v) is 2.32. The highest BCUT2D eigenvalue weighted by Crippen LogP contribution is 2.04. The predicted octanol–water partition coefficient (Wildman–Crippen LogP) is 2.64. The first-order valence-electron chi connectivity index (χ1n) is 8.08. The van der Waals surface area contributed by atoms with E-state index in [1.54, 1.807) is 7.05 Å². The zero-order chi connectivity index (χ0) is 15.6. The standard InChI is InChI=1S/C16H26N6.HI/c1-3-4-6-11-18-16(17-2)19-12-8-10-15-21-20-14-9-5-7-13-22(14)15;/h5,7,9,13H,3-4,6,8,10-12H2,1-2H3,(H2,17,18,19);1H. The van der Waals surface area contributed by atoms with Gasteiger partial charge in [0.05, 0.1) is 0 Å². The minimum Gasteiger partial charge on any atom is -0.356 e. The van der Waals surface area contributed by atoms with E-state index in [2.05, 4.69) is 32.7 Å². The number of aromatic nitrogens is 3. The third-order valence-corrected chi connectivity index (χ3v) is 3.55. The summed E-state index contributed by atoms with van der Waals surface area (Å²) in [7, 11) is 1.81. The number of aliphatic imine (C=N–C) groups is 1. The van der Waals surface area contributed by atoms with Crippen LogP contribution in [0.5, 0.6) is 0 Å². The number of nitrogens with zero attached hydrogens (tertiary/aromatic N) is 4. The lowest BCUT2D eigenvalue weighted by Gasteiger charge is -2.11. The van der Waals surface area contributed by atoms with E-state index in [1.807, 2.05) is 28.8 Å². The van der Waals surface area contributed by atoms with Crippen molar-refractivity contribution < 1.29 is 0 Å². The average Bonchev–Trinajstić information content (AvgIpc) is 2.97. The zero-order valence-corrected chi connectivity index (χ0v) is 16.3. The molecule has 0 bridgehead atoms. The van der Waals surface area contributed by atoms with Crippen molar-refractivity contribution in [3.8, 4) is 0 Å². The van der Waals surface area contributed by atoms with Crippen molar-refractivity contribution in [3.05, 3.63) is 30.2 Å². The summed E-state index contributed by atoms with van der Waals surface area (Å²) in [5.74, 6) is 1.88. The summed E-state index contributed by atoms with van der Waals surface area (Å²) in [5, 5.41) is 15.1. The summed E-state index contributed by atoms with van der Waals surface area (Å²) in [5.41, 5.74) is 0.902. The van der Waals surface area contributed by atoms with Crippen molar-refractivity contribution >= 4 is 35.6 Å². The highest BCUT2D eigenvalue weighted by molar-refractivity contribution is 14.0. The van der Waals surface area contributed by atoms with Crippen molar-refractivity contribution in [2.75, 3.05) is 20.1 Å². The van der Waals surface area contributed by atoms with Crippen LogP contribution in [-0.2, 0) is 6.42 Å². The molecule has 2 N–H and O–H groups in total. The highest BCUT2D eigenvalue weighted by Gasteiger charge is 2.04. The molecule has 2 rings (SSSR count). The third kappa shape index (κ3) is 6.32. The minimum absolute atomic E-state index is 0. The molecule has 23 heavy (non-hydrogen) atoms. The number of guanidine groups is 1. The van der Waals surface area contributed by atoms with Gasteiger partial charge >= 0.3 is 0 Å². The molecule has 0 atom stereocenters. The Morgan fingerprint density at radius 2 is 1.91 bits per heavy atom. The summed E-state index contributed by atoms with van der Waals surface area (Å²) >= 11 is 0. The Balaban J connectivity index is 0.00000264. The first-order chi connectivity index (χ1) is 10.8. The van der Waals surface area contributed by atoms with Crippen LogP contribution in [0.25, 0.3) is 5.65 Å². The molecule has 7 heteroatoms. The molecule has 0 saturated heterocycles. The molecular weight excluding hydrogens is 403 g/mol. The lowest BCUT2D eigenvalue weighted by molar-refractivity contribution is 0.672. The van der Waals surface area contributed by atoms with Gasteiger partial charge in [-0.25, -0.2) is 0 Å². The van der Waals surface area contributed by atoms with E-state index < -0.39 is 0 Å². The van der Waals surface area contributed by atoms with Gasteiger partial charge in [0, 0.05) is 32.8 Å². The monoisotopic (exact) mass is 430 g/mol. The maximum Gasteiger partial charge on any atom is 0.190 e. The Morgan fingerprint density at radius 1 is 1.13 bits per heavy atom. The van der Waals surface area contributed by atoms with E-state index in [-0.39, 0.29) is 24.0 Å². The van der Waals surface area contributed by atoms with Gasteiger partial charge in [-0.1, -0.05) is 25.8 Å². The largest absolute Gasteiger partial charge is 0.356 e. The van der Waals surface area contributed by atoms with Crippen molar-refractivity contribution in [1.82, 2.24) is 25.2 Å². The molecule has 0 fully saturated rings. The molecule has 0 aliphatic carbocycles. The molecule has 0 unspecified atom stereocenters. The maximum atomic E-state index is 4.24. The van der Waals surface area contributed by atoms with Gasteiger partial charge in [-0.15, -0.1) is 34.2 Å². The first kappa shape index (κ1) is 19.7. The molecule has 0 spiro atoms. The molecule has 2 aromatic rings. The Labute approximate surface area is 155 Å². The molecule has 0 aliphatic heterocycles. The zero-order valence-electron chi connectivity index (χ0n) is 14.0. The molecule has 2 aromatic heterocycles. The number of halogens is 1. The Bertz CT molecular complexity index is 595. The Hall–Kier alpha value is -1.38. The van der Waals surface area contributed by atoms with E-state index in [9.17, 15) is 0 Å². The second-order valence-corrected chi connectivity index (χ2v) is 5.28. The Kier molecular flexibility index (Phi) is 9.58. The second-order valence-electron chi connectivity index (χ2n) is 5.28. The molecule has 0 radical (unpaired) electrons. The SMILES string of the molecule is CCCCCNC(=NC)NCCCc1nnc2ccccn12.I. The smallest absolute Gasteiger partial charge is 0.190 e. The average molecular weight is 430 g/mol. The van der Waals surface area contributed by atoms with E-state index >= 15 is 0 Å². The van der Waals surface area contributed by atoms with Gasteiger partial charge in [0.1, 0.15) is 5.82 Å². The van der Waals surface area contributed by atoms with Gasteiger partial charge in [-0.2, -0.15) is 0 Å². The minimum atomic E-state index is 0. The lowest BCUT2D eigenvalue weighted by Crippen LogP contribution is -2.38. The number of rotatable bonds is 8.